The average molecular weight is 397 g/mol. The highest BCUT2D eigenvalue weighted by Gasteiger charge is 2.16. The topological polar surface area (TPSA) is 54.6 Å². The van der Waals surface area contributed by atoms with E-state index in [1.165, 1.54) is 11.1 Å². The number of ether oxygens (including phenoxy) is 2. The summed E-state index contributed by atoms with van der Waals surface area (Å²) >= 11 is 0. The number of rotatable bonds is 10. The van der Waals surface area contributed by atoms with Crippen molar-refractivity contribution in [2.45, 2.75) is 33.6 Å². The highest BCUT2D eigenvalue weighted by Crippen LogP contribution is 2.33. The van der Waals surface area contributed by atoms with Crippen LogP contribution in [0.3, 0.4) is 0 Å². The molecule has 0 saturated heterocycles. The Labute approximate surface area is 173 Å². The lowest BCUT2D eigenvalue weighted by molar-refractivity contribution is 0.307. The Morgan fingerprint density at radius 3 is 2.48 bits per heavy atom. The zero-order chi connectivity index (χ0) is 21.4. The van der Waals surface area contributed by atoms with Crippen molar-refractivity contribution in [3.8, 4) is 11.5 Å². The maximum atomic E-state index is 12.6. The molecule has 0 radical (unpaired) electrons. The fourth-order valence-corrected chi connectivity index (χ4v) is 2.89. The normalized spacial score (nSPS) is 11.3. The second-order valence-corrected chi connectivity index (χ2v) is 7.52. The minimum Gasteiger partial charge on any atom is -0.485 e. The molecular formula is C24H32N2O3. The zero-order valence-electron chi connectivity index (χ0n) is 18.2. The summed E-state index contributed by atoms with van der Waals surface area (Å²) in [6.07, 6.45) is 7.88. The monoisotopic (exact) mass is 396 g/mol. The fourth-order valence-electron chi connectivity index (χ4n) is 2.89. The molecule has 2 aromatic rings. The number of pyridine rings is 1. The molecule has 1 aromatic heterocycles. The van der Waals surface area contributed by atoms with E-state index >= 15 is 0 Å². The van der Waals surface area contributed by atoms with Crippen LogP contribution < -0.4 is 19.9 Å². The van der Waals surface area contributed by atoms with Crippen LogP contribution >= 0.6 is 0 Å². The molecule has 29 heavy (non-hydrogen) atoms. The molecular weight excluding hydrogens is 364 g/mol. The van der Waals surface area contributed by atoms with Gasteiger partial charge in [-0.25, -0.2) is 0 Å². The predicted octanol–water partition coefficient (Wildman–Crippen LogP) is 5.23. The van der Waals surface area contributed by atoms with Crippen molar-refractivity contribution < 1.29 is 9.47 Å². The van der Waals surface area contributed by atoms with Crippen LogP contribution in [0.1, 0.15) is 33.6 Å². The highest BCUT2D eigenvalue weighted by molar-refractivity contribution is 5.89. The number of nitrogens with zero attached hydrogens (tertiary/aromatic N) is 1. The standard InChI is InChI=1S/C24H32N2O3/c1-7-14-28-23-22(29-15-13-18(4)10-8-9-17(2)3)20-12-11-19(26(5)6)16-21(20)25-24(23)27/h7,9,11-13,16H,1,8,10,14-15H2,2-6H3,(H,25,27)/b18-13+. The minimum atomic E-state index is -0.311. The van der Waals surface area contributed by atoms with Gasteiger partial charge >= 0.3 is 0 Å². The number of anilines is 1. The molecule has 0 aliphatic carbocycles. The molecule has 1 N–H and O–H groups in total. The third-order valence-corrected chi connectivity index (χ3v) is 4.52. The lowest BCUT2D eigenvalue weighted by Crippen LogP contribution is -2.15. The van der Waals surface area contributed by atoms with Crippen molar-refractivity contribution in [1.82, 2.24) is 4.98 Å². The molecule has 1 aromatic carbocycles. The Hall–Kier alpha value is -2.95. The molecule has 0 saturated carbocycles. The van der Waals surface area contributed by atoms with Gasteiger partial charge in [-0.15, -0.1) is 0 Å². The largest absolute Gasteiger partial charge is 0.485 e. The summed E-state index contributed by atoms with van der Waals surface area (Å²) in [6.45, 7) is 10.6. The molecule has 0 aliphatic heterocycles. The number of aromatic nitrogens is 1. The highest BCUT2D eigenvalue weighted by atomic mass is 16.5. The number of H-pyrrole nitrogens is 1. The minimum absolute atomic E-state index is 0.186. The summed E-state index contributed by atoms with van der Waals surface area (Å²) in [7, 11) is 3.92. The number of hydrogen-bond donors (Lipinski definition) is 1. The van der Waals surface area contributed by atoms with E-state index in [4.69, 9.17) is 9.47 Å². The first-order valence-electron chi connectivity index (χ1n) is 9.86. The second kappa shape index (κ2) is 10.6. The van der Waals surface area contributed by atoms with Crippen molar-refractivity contribution in [2.75, 3.05) is 32.2 Å². The summed E-state index contributed by atoms with van der Waals surface area (Å²) in [5, 5.41) is 0.810. The van der Waals surface area contributed by atoms with Crippen LogP contribution in [0.5, 0.6) is 11.5 Å². The molecule has 2 rings (SSSR count). The lowest BCUT2D eigenvalue weighted by atomic mass is 10.1. The Morgan fingerprint density at radius 2 is 1.83 bits per heavy atom. The number of hydrogen-bond acceptors (Lipinski definition) is 4. The lowest BCUT2D eigenvalue weighted by Gasteiger charge is -2.16. The van der Waals surface area contributed by atoms with Crippen molar-refractivity contribution in [3.63, 3.8) is 0 Å². The van der Waals surface area contributed by atoms with Gasteiger partial charge in [0.15, 0.2) is 5.75 Å². The number of fused-ring (bicyclic) bond motifs is 1. The maximum absolute atomic E-state index is 12.6. The Bertz CT molecular complexity index is 964. The molecule has 1 heterocycles. The van der Waals surface area contributed by atoms with Gasteiger partial charge in [0.2, 0.25) is 5.75 Å². The van der Waals surface area contributed by atoms with Gasteiger partial charge in [-0.3, -0.25) is 4.79 Å². The molecule has 0 amide bonds. The first-order chi connectivity index (χ1) is 13.8. The summed E-state index contributed by atoms with van der Waals surface area (Å²) in [4.78, 5) is 17.5. The van der Waals surface area contributed by atoms with Gasteiger partial charge in [-0.05, 0) is 57.9 Å². The second-order valence-electron chi connectivity index (χ2n) is 7.52. The molecule has 5 nitrogen and oxygen atoms in total. The van der Waals surface area contributed by atoms with Gasteiger partial charge in [-0.2, -0.15) is 0 Å². The Balaban J connectivity index is 2.33. The molecule has 5 heteroatoms. The average Bonchev–Trinajstić information content (AvgIpc) is 2.66. The summed E-state index contributed by atoms with van der Waals surface area (Å²) in [5.41, 5.74) is 3.97. The van der Waals surface area contributed by atoms with Crippen LogP contribution in [0.15, 0.2) is 58.9 Å². The Morgan fingerprint density at radius 1 is 1.10 bits per heavy atom. The first kappa shape index (κ1) is 22.3. The third kappa shape index (κ3) is 6.28. The van der Waals surface area contributed by atoms with Crippen LogP contribution in [-0.2, 0) is 0 Å². The van der Waals surface area contributed by atoms with E-state index in [0.717, 1.165) is 23.9 Å². The third-order valence-electron chi connectivity index (χ3n) is 4.52. The van der Waals surface area contributed by atoms with E-state index in [2.05, 4.69) is 44.5 Å². The molecule has 156 valence electrons. The van der Waals surface area contributed by atoms with E-state index < -0.39 is 0 Å². The van der Waals surface area contributed by atoms with E-state index in [1.54, 1.807) is 6.08 Å². The predicted molar refractivity (Wildman–Crippen MR) is 123 cm³/mol. The van der Waals surface area contributed by atoms with Gasteiger partial charge < -0.3 is 19.4 Å². The summed E-state index contributed by atoms with van der Waals surface area (Å²) < 4.78 is 11.7. The number of benzene rings is 1. The SMILES string of the molecule is C=CCOc1c(OC/C=C(\C)CCC=C(C)C)c2ccc(N(C)C)cc2[nH]c1=O. The van der Waals surface area contributed by atoms with E-state index in [9.17, 15) is 4.79 Å². The molecule has 0 unspecified atom stereocenters. The van der Waals surface area contributed by atoms with Gasteiger partial charge in [0.25, 0.3) is 5.56 Å². The van der Waals surface area contributed by atoms with E-state index in [1.807, 2.05) is 37.2 Å². The van der Waals surface area contributed by atoms with Crippen LogP contribution in [0.25, 0.3) is 10.9 Å². The van der Waals surface area contributed by atoms with Crippen molar-refractivity contribution in [1.29, 1.82) is 0 Å². The molecule has 0 fully saturated rings. The van der Waals surface area contributed by atoms with Crippen LogP contribution in [0.4, 0.5) is 5.69 Å². The molecule has 0 bridgehead atoms. The number of nitrogens with one attached hydrogen (secondary N) is 1. The Kier molecular flexibility index (Phi) is 8.13. The summed E-state index contributed by atoms with van der Waals surface area (Å²) in [5.74, 6) is 0.648. The van der Waals surface area contributed by atoms with Crippen LogP contribution in [0.2, 0.25) is 0 Å². The van der Waals surface area contributed by atoms with Crippen LogP contribution in [-0.4, -0.2) is 32.3 Å². The van der Waals surface area contributed by atoms with Gasteiger partial charge in [0.1, 0.15) is 13.2 Å². The smallest absolute Gasteiger partial charge is 0.294 e. The zero-order valence-corrected chi connectivity index (χ0v) is 18.2. The van der Waals surface area contributed by atoms with Crippen molar-refractivity contribution in [3.05, 3.63) is 64.5 Å². The van der Waals surface area contributed by atoms with Crippen molar-refractivity contribution in [2.24, 2.45) is 0 Å². The van der Waals surface area contributed by atoms with Gasteiger partial charge in [0.05, 0.1) is 5.52 Å². The number of allylic oxidation sites excluding steroid dienone is 3. The van der Waals surface area contributed by atoms with Gasteiger partial charge in [-0.1, -0.05) is 29.9 Å². The maximum Gasteiger partial charge on any atom is 0.294 e. The molecule has 0 atom stereocenters. The van der Waals surface area contributed by atoms with Gasteiger partial charge in [0, 0.05) is 25.2 Å². The van der Waals surface area contributed by atoms with Crippen LogP contribution in [0, 0.1) is 0 Å². The molecule has 0 spiro atoms. The van der Waals surface area contributed by atoms with Crippen molar-refractivity contribution >= 4 is 16.6 Å². The van der Waals surface area contributed by atoms with E-state index in [-0.39, 0.29) is 17.9 Å². The number of aromatic amines is 1. The summed E-state index contributed by atoms with van der Waals surface area (Å²) in [6, 6.07) is 5.87. The quantitative estimate of drug-likeness (QED) is 0.559. The van der Waals surface area contributed by atoms with E-state index in [0.29, 0.717) is 17.9 Å². The fraction of sp³-hybridized carbons (Fsp3) is 0.375. The first-order valence-corrected chi connectivity index (χ1v) is 9.86. The molecule has 0 aliphatic rings.